The van der Waals surface area contributed by atoms with E-state index in [0.29, 0.717) is 5.75 Å². The van der Waals surface area contributed by atoms with Crippen molar-refractivity contribution in [1.29, 1.82) is 0 Å². The van der Waals surface area contributed by atoms with E-state index in [1.54, 1.807) is 0 Å². The number of carboxylic acids is 3. The molecule has 0 saturated heterocycles. The number of nitrogens with two attached hydrogens (primary N) is 2. The van der Waals surface area contributed by atoms with E-state index in [2.05, 4.69) is 11.1 Å². The van der Waals surface area contributed by atoms with Crippen molar-refractivity contribution >= 4 is 29.7 Å². The zero-order chi connectivity index (χ0) is 15.4. The molecule has 10 heteroatoms. The van der Waals surface area contributed by atoms with Gasteiger partial charge in [0.05, 0.1) is 6.54 Å². The molecule has 0 bridgehead atoms. The molecular weight excluding hydrogens is 278 g/mol. The van der Waals surface area contributed by atoms with E-state index in [4.69, 9.17) is 21.1 Å². The Bertz CT molecular complexity index is 302. The van der Waals surface area contributed by atoms with Gasteiger partial charge in [0, 0.05) is 11.5 Å². The average molecular weight is 297 g/mol. The molecule has 0 radical (unpaired) electrons. The maximum Gasteiger partial charge on any atom is 0.321 e. The lowest BCUT2D eigenvalue weighted by molar-refractivity contribution is -0.139. The van der Waals surface area contributed by atoms with Crippen molar-refractivity contribution in [3.63, 3.8) is 0 Å². The predicted octanol–water partition coefficient (Wildman–Crippen LogP) is -2.17. The average Bonchev–Trinajstić information content (AvgIpc) is 2.34. The zero-order valence-electron chi connectivity index (χ0n) is 10.4. The van der Waals surface area contributed by atoms with Crippen LogP contribution in [0.25, 0.3) is 0 Å². The molecule has 0 spiro atoms. The van der Waals surface area contributed by atoms with Crippen LogP contribution >= 0.6 is 11.8 Å². The second-order valence-corrected chi connectivity index (χ2v) is 4.33. The molecule has 9 nitrogen and oxygen atoms in total. The Kier molecular flexibility index (Phi) is 12.3. The summed E-state index contributed by atoms with van der Waals surface area (Å²) in [6.45, 7) is -0.278. The Morgan fingerprint density at radius 1 is 1.16 bits per heavy atom. The number of hydrogen-bond donors (Lipinski definition) is 6. The predicted molar refractivity (Wildman–Crippen MR) is 70.1 cm³/mol. The van der Waals surface area contributed by atoms with Crippen molar-refractivity contribution in [1.82, 2.24) is 5.32 Å². The first-order chi connectivity index (χ1) is 8.76. The molecule has 0 aliphatic heterocycles. The first-order valence-electron chi connectivity index (χ1n) is 5.14. The maximum absolute atomic E-state index is 10.5. The molecule has 0 fully saturated rings. The van der Waals surface area contributed by atoms with Crippen molar-refractivity contribution in [3.05, 3.63) is 0 Å². The molecule has 0 aliphatic carbocycles. The van der Waals surface area contributed by atoms with Crippen molar-refractivity contribution in [2.75, 3.05) is 25.1 Å². The molecule has 2 atom stereocenters. The summed E-state index contributed by atoms with van der Waals surface area (Å²) in [4.78, 5) is 30.1. The molecule has 0 saturated carbocycles. The molecule has 0 aromatic heterocycles. The quantitative estimate of drug-likeness (QED) is 0.289. The molecule has 0 aromatic rings. The topological polar surface area (TPSA) is 176 Å². The molecule has 2 unspecified atom stereocenters. The Hall–Kier alpha value is -1.36. The van der Waals surface area contributed by atoms with E-state index in [-0.39, 0.29) is 12.3 Å². The largest absolute Gasteiger partial charge is 0.480 e. The van der Waals surface area contributed by atoms with Crippen molar-refractivity contribution in [3.8, 4) is 0 Å². The number of thioether (sulfide) groups is 1. The fourth-order valence-corrected chi connectivity index (χ4v) is 1.74. The van der Waals surface area contributed by atoms with Gasteiger partial charge in [-0.1, -0.05) is 0 Å². The second kappa shape index (κ2) is 11.7. The minimum Gasteiger partial charge on any atom is -0.480 e. The molecule has 19 heavy (non-hydrogen) atoms. The number of hydrogen-bond acceptors (Lipinski definition) is 7. The minimum atomic E-state index is -1.08. The number of rotatable bonds is 8. The SMILES string of the molecule is CNC(CSCC(N)C(=O)O)C(=O)O.NCC(=O)O. The van der Waals surface area contributed by atoms with Crippen LogP contribution in [0.5, 0.6) is 0 Å². The van der Waals surface area contributed by atoms with Gasteiger partial charge in [-0.2, -0.15) is 11.8 Å². The van der Waals surface area contributed by atoms with Gasteiger partial charge in [0.25, 0.3) is 0 Å². The highest BCUT2D eigenvalue weighted by Gasteiger charge is 2.17. The van der Waals surface area contributed by atoms with Crippen LogP contribution in [-0.4, -0.2) is 70.4 Å². The van der Waals surface area contributed by atoms with Crippen LogP contribution < -0.4 is 16.8 Å². The molecule has 0 rings (SSSR count). The summed E-state index contributed by atoms with van der Waals surface area (Å²) in [5.74, 6) is -2.49. The number of carbonyl (C=O) groups is 3. The van der Waals surface area contributed by atoms with Gasteiger partial charge in [0.2, 0.25) is 0 Å². The molecule has 8 N–H and O–H groups in total. The smallest absolute Gasteiger partial charge is 0.321 e. The number of likely N-dealkylation sites (N-methyl/N-ethyl adjacent to an activating group) is 1. The summed E-state index contributed by atoms with van der Waals surface area (Å²) in [6.07, 6.45) is 0. The molecule has 0 heterocycles. The summed E-state index contributed by atoms with van der Waals surface area (Å²) >= 11 is 1.20. The molecule has 0 aliphatic rings. The van der Waals surface area contributed by atoms with Crippen molar-refractivity contribution in [2.45, 2.75) is 12.1 Å². The van der Waals surface area contributed by atoms with Crippen LogP contribution in [0.2, 0.25) is 0 Å². The van der Waals surface area contributed by atoms with Gasteiger partial charge < -0.3 is 32.1 Å². The van der Waals surface area contributed by atoms with Crippen LogP contribution in [0.4, 0.5) is 0 Å². The van der Waals surface area contributed by atoms with Gasteiger partial charge in [-0.25, -0.2) is 0 Å². The van der Waals surface area contributed by atoms with Gasteiger partial charge >= 0.3 is 17.9 Å². The number of nitrogens with one attached hydrogen (secondary N) is 1. The second-order valence-electron chi connectivity index (χ2n) is 3.26. The van der Waals surface area contributed by atoms with Crippen LogP contribution in [0, 0.1) is 0 Å². The summed E-state index contributed by atoms with van der Waals surface area (Å²) in [5, 5.41) is 27.3. The normalized spacial score (nSPS) is 12.8. The highest BCUT2D eigenvalue weighted by Crippen LogP contribution is 2.04. The van der Waals surface area contributed by atoms with E-state index in [1.165, 1.54) is 18.8 Å². The Balaban J connectivity index is 0. The molecular formula is C9H19N3O6S. The van der Waals surface area contributed by atoms with Crippen LogP contribution in [0.1, 0.15) is 0 Å². The fourth-order valence-electron chi connectivity index (χ4n) is 0.662. The van der Waals surface area contributed by atoms with Gasteiger partial charge in [-0.3, -0.25) is 14.4 Å². The fraction of sp³-hybridized carbons (Fsp3) is 0.667. The third-order valence-corrected chi connectivity index (χ3v) is 2.88. The Labute approximate surface area is 114 Å². The Morgan fingerprint density at radius 3 is 1.89 bits per heavy atom. The van der Waals surface area contributed by atoms with Gasteiger partial charge in [0.15, 0.2) is 0 Å². The van der Waals surface area contributed by atoms with Gasteiger partial charge in [-0.05, 0) is 7.05 Å². The summed E-state index contributed by atoms with van der Waals surface area (Å²) < 4.78 is 0. The first kappa shape index (κ1) is 20.0. The lowest BCUT2D eigenvalue weighted by atomic mass is 10.3. The van der Waals surface area contributed by atoms with Crippen LogP contribution in [-0.2, 0) is 14.4 Å². The van der Waals surface area contributed by atoms with Gasteiger partial charge in [0.1, 0.15) is 12.1 Å². The van der Waals surface area contributed by atoms with E-state index in [0.717, 1.165) is 0 Å². The highest BCUT2D eigenvalue weighted by molar-refractivity contribution is 7.99. The van der Waals surface area contributed by atoms with E-state index in [9.17, 15) is 14.4 Å². The van der Waals surface area contributed by atoms with Crippen molar-refractivity contribution in [2.24, 2.45) is 11.5 Å². The van der Waals surface area contributed by atoms with Crippen LogP contribution in [0.15, 0.2) is 0 Å². The third kappa shape index (κ3) is 12.9. The van der Waals surface area contributed by atoms with Gasteiger partial charge in [-0.15, -0.1) is 0 Å². The third-order valence-electron chi connectivity index (χ3n) is 1.72. The lowest BCUT2D eigenvalue weighted by Gasteiger charge is -2.11. The summed E-state index contributed by atoms with van der Waals surface area (Å²) in [6, 6.07) is -1.60. The standard InChI is InChI=1S/C7H14N2O4S.C2H5NO2/c1-9-5(7(12)13)3-14-2-4(8)6(10)11;3-1-2(4)5/h4-5,9H,2-3,8H2,1H3,(H,10,11)(H,12,13);1,3H2,(H,4,5). The van der Waals surface area contributed by atoms with E-state index >= 15 is 0 Å². The molecule has 0 amide bonds. The summed E-state index contributed by atoms with van der Waals surface area (Å²) in [7, 11) is 1.54. The minimum absolute atomic E-state index is 0.209. The number of carboxylic acid groups (broad SMARTS) is 3. The van der Waals surface area contributed by atoms with Crippen LogP contribution in [0.3, 0.4) is 0 Å². The monoisotopic (exact) mass is 297 g/mol. The highest BCUT2D eigenvalue weighted by atomic mass is 32.2. The lowest BCUT2D eigenvalue weighted by Crippen LogP contribution is -2.38. The number of aliphatic carboxylic acids is 3. The molecule has 112 valence electrons. The maximum atomic E-state index is 10.5. The zero-order valence-corrected chi connectivity index (χ0v) is 11.2. The summed E-state index contributed by atoms with van der Waals surface area (Å²) in [5.41, 5.74) is 9.80. The van der Waals surface area contributed by atoms with E-state index < -0.39 is 30.0 Å². The Morgan fingerprint density at radius 2 is 1.63 bits per heavy atom. The van der Waals surface area contributed by atoms with Crippen molar-refractivity contribution < 1.29 is 29.7 Å². The van der Waals surface area contributed by atoms with E-state index in [1.807, 2.05) is 0 Å². The molecule has 0 aromatic carbocycles. The first-order valence-corrected chi connectivity index (χ1v) is 6.29.